The molecule has 3 aromatic rings. The Balaban J connectivity index is 2.04. The first-order valence-corrected chi connectivity index (χ1v) is 13.1. The molecule has 1 N–H and O–H groups in total. The topological polar surface area (TPSA) is 84.9 Å². The van der Waals surface area contributed by atoms with Gasteiger partial charge in [0.25, 0.3) is 10.0 Å². The number of ether oxygens (including phenoxy) is 2. The van der Waals surface area contributed by atoms with Crippen molar-refractivity contribution in [1.82, 2.24) is 0 Å². The number of sulfonamides is 1. The summed E-state index contributed by atoms with van der Waals surface area (Å²) >= 11 is 1.59. The number of thioether (sulfide) groups is 1. The molecule has 0 fully saturated rings. The fourth-order valence-electron chi connectivity index (χ4n) is 3.30. The van der Waals surface area contributed by atoms with E-state index < -0.39 is 22.5 Å². The molecule has 0 saturated carbocycles. The molecule has 3 aromatic carbocycles. The van der Waals surface area contributed by atoms with Crippen molar-refractivity contribution >= 4 is 39.1 Å². The summed E-state index contributed by atoms with van der Waals surface area (Å²) in [6, 6.07) is 18.7. The van der Waals surface area contributed by atoms with E-state index >= 15 is 0 Å². The van der Waals surface area contributed by atoms with Gasteiger partial charge in [-0.25, -0.2) is 8.42 Å². The second-order valence-corrected chi connectivity index (χ2v) is 10.5. The van der Waals surface area contributed by atoms with E-state index in [-0.39, 0.29) is 10.6 Å². The number of methoxy groups -OCH3 is 2. The van der Waals surface area contributed by atoms with Gasteiger partial charge < -0.3 is 14.8 Å². The lowest BCUT2D eigenvalue weighted by Crippen LogP contribution is -2.38. The van der Waals surface area contributed by atoms with Crippen LogP contribution < -0.4 is 19.1 Å². The number of rotatable bonds is 10. The smallest absolute Gasteiger partial charge is 0.264 e. The zero-order valence-electron chi connectivity index (χ0n) is 19.6. The van der Waals surface area contributed by atoms with Crippen molar-refractivity contribution < 1.29 is 22.7 Å². The van der Waals surface area contributed by atoms with E-state index in [4.69, 9.17) is 9.47 Å². The quantitative estimate of drug-likeness (QED) is 0.396. The summed E-state index contributed by atoms with van der Waals surface area (Å²) in [4.78, 5) is 14.1. The molecule has 34 heavy (non-hydrogen) atoms. The molecule has 1 amide bonds. The highest BCUT2D eigenvalue weighted by Gasteiger charge is 2.30. The molecule has 0 bridgehead atoms. The van der Waals surface area contributed by atoms with Gasteiger partial charge in [0, 0.05) is 11.0 Å². The number of hydrogen-bond acceptors (Lipinski definition) is 6. The standard InChI is InChI=1S/C25H28N2O5S2/c1-5-33-24-9-7-6-8-21(24)26-25(28)17-27(22-16-19(31-3)12-15-23(22)32-4)34(29,30)20-13-10-18(2)11-14-20/h6-16H,5,17H2,1-4H3,(H,26,28). The maximum Gasteiger partial charge on any atom is 0.264 e. The second kappa shape index (κ2) is 11.3. The summed E-state index contributed by atoms with van der Waals surface area (Å²) in [6.07, 6.45) is 0. The van der Waals surface area contributed by atoms with Gasteiger partial charge in [-0.15, -0.1) is 11.8 Å². The van der Waals surface area contributed by atoms with Crippen molar-refractivity contribution in [2.75, 3.05) is 36.1 Å². The van der Waals surface area contributed by atoms with E-state index in [1.165, 1.54) is 26.4 Å². The van der Waals surface area contributed by atoms with Crippen molar-refractivity contribution in [3.8, 4) is 11.5 Å². The Morgan fingerprint density at radius 2 is 1.71 bits per heavy atom. The molecule has 0 atom stereocenters. The van der Waals surface area contributed by atoms with Gasteiger partial charge in [0.15, 0.2) is 0 Å². The lowest BCUT2D eigenvalue weighted by atomic mass is 10.2. The summed E-state index contributed by atoms with van der Waals surface area (Å²) in [5.74, 6) is 1.09. The highest BCUT2D eigenvalue weighted by atomic mass is 32.2. The van der Waals surface area contributed by atoms with E-state index in [2.05, 4.69) is 5.32 Å². The molecule has 0 heterocycles. The lowest BCUT2D eigenvalue weighted by Gasteiger charge is -2.26. The summed E-state index contributed by atoms with van der Waals surface area (Å²) in [6.45, 7) is 3.44. The average molecular weight is 501 g/mol. The average Bonchev–Trinajstić information content (AvgIpc) is 2.83. The van der Waals surface area contributed by atoms with Crippen molar-refractivity contribution in [3.05, 3.63) is 72.3 Å². The Hall–Kier alpha value is -3.17. The third-order valence-electron chi connectivity index (χ3n) is 5.01. The number of carbonyl (C=O) groups excluding carboxylic acids is 1. The maximum atomic E-state index is 13.7. The van der Waals surface area contributed by atoms with Crippen LogP contribution in [0.2, 0.25) is 0 Å². The van der Waals surface area contributed by atoms with Crippen LogP contribution in [0.4, 0.5) is 11.4 Å². The third-order valence-corrected chi connectivity index (χ3v) is 7.74. The Morgan fingerprint density at radius 1 is 1.00 bits per heavy atom. The van der Waals surface area contributed by atoms with Crippen LogP contribution in [-0.2, 0) is 14.8 Å². The van der Waals surface area contributed by atoms with Gasteiger partial charge in [-0.05, 0) is 49.1 Å². The zero-order chi connectivity index (χ0) is 24.7. The van der Waals surface area contributed by atoms with Crippen molar-refractivity contribution in [2.45, 2.75) is 23.6 Å². The number of benzene rings is 3. The molecular formula is C25H28N2O5S2. The number of nitrogens with zero attached hydrogens (tertiary/aromatic N) is 1. The van der Waals surface area contributed by atoms with Crippen LogP contribution in [0.1, 0.15) is 12.5 Å². The van der Waals surface area contributed by atoms with Gasteiger partial charge in [-0.3, -0.25) is 9.10 Å². The number of carbonyl (C=O) groups is 1. The van der Waals surface area contributed by atoms with Crippen LogP contribution >= 0.6 is 11.8 Å². The van der Waals surface area contributed by atoms with Crippen LogP contribution in [0.15, 0.2) is 76.5 Å². The van der Waals surface area contributed by atoms with E-state index in [0.717, 1.165) is 20.5 Å². The van der Waals surface area contributed by atoms with Gasteiger partial charge in [-0.2, -0.15) is 0 Å². The van der Waals surface area contributed by atoms with Crippen LogP contribution in [0.25, 0.3) is 0 Å². The van der Waals surface area contributed by atoms with E-state index in [1.54, 1.807) is 48.2 Å². The fourth-order valence-corrected chi connectivity index (χ4v) is 5.48. The molecule has 0 spiro atoms. The predicted octanol–water partition coefficient (Wildman–Crippen LogP) is 4.96. The summed E-state index contributed by atoms with van der Waals surface area (Å²) in [5, 5.41) is 2.86. The minimum atomic E-state index is -4.10. The molecule has 0 aliphatic carbocycles. The molecule has 0 aliphatic rings. The molecule has 0 aromatic heterocycles. The Bertz CT molecular complexity index is 1240. The molecule has 180 valence electrons. The van der Waals surface area contributed by atoms with Gasteiger partial charge in [0.2, 0.25) is 5.91 Å². The molecule has 0 saturated heterocycles. The van der Waals surface area contributed by atoms with Crippen LogP contribution in [0.3, 0.4) is 0 Å². The van der Waals surface area contributed by atoms with Gasteiger partial charge >= 0.3 is 0 Å². The Morgan fingerprint density at radius 3 is 2.35 bits per heavy atom. The fraction of sp³-hybridized carbons (Fsp3) is 0.240. The number of hydrogen-bond donors (Lipinski definition) is 1. The van der Waals surface area contributed by atoms with Crippen LogP contribution in [0, 0.1) is 6.92 Å². The number of nitrogens with one attached hydrogen (secondary N) is 1. The second-order valence-electron chi connectivity index (χ2n) is 7.34. The zero-order valence-corrected chi connectivity index (χ0v) is 21.2. The van der Waals surface area contributed by atoms with E-state index in [0.29, 0.717) is 17.2 Å². The Labute approximate surface area is 205 Å². The van der Waals surface area contributed by atoms with Crippen molar-refractivity contribution in [2.24, 2.45) is 0 Å². The number of aryl methyl sites for hydroxylation is 1. The number of amides is 1. The lowest BCUT2D eigenvalue weighted by molar-refractivity contribution is -0.114. The Kier molecular flexibility index (Phi) is 8.46. The number of para-hydroxylation sites is 1. The van der Waals surface area contributed by atoms with Crippen LogP contribution in [0.5, 0.6) is 11.5 Å². The minimum absolute atomic E-state index is 0.0673. The van der Waals surface area contributed by atoms with Gasteiger partial charge in [0.05, 0.1) is 30.5 Å². The first-order valence-electron chi connectivity index (χ1n) is 10.6. The molecule has 0 unspecified atom stereocenters. The third kappa shape index (κ3) is 5.84. The largest absolute Gasteiger partial charge is 0.497 e. The normalized spacial score (nSPS) is 11.1. The molecule has 9 heteroatoms. The highest BCUT2D eigenvalue weighted by molar-refractivity contribution is 7.99. The summed E-state index contributed by atoms with van der Waals surface area (Å²) in [7, 11) is -1.17. The predicted molar refractivity (Wildman–Crippen MR) is 137 cm³/mol. The molecule has 3 rings (SSSR count). The van der Waals surface area contributed by atoms with Gasteiger partial charge in [-0.1, -0.05) is 36.8 Å². The van der Waals surface area contributed by atoms with E-state index in [9.17, 15) is 13.2 Å². The minimum Gasteiger partial charge on any atom is -0.497 e. The first-order chi connectivity index (χ1) is 16.3. The highest BCUT2D eigenvalue weighted by Crippen LogP contribution is 2.36. The molecule has 0 aliphatic heterocycles. The molecule has 7 nitrogen and oxygen atoms in total. The molecular weight excluding hydrogens is 472 g/mol. The maximum absolute atomic E-state index is 13.7. The van der Waals surface area contributed by atoms with Crippen LogP contribution in [-0.4, -0.2) is 40.8 Å². The van der Waals surface area contributed by atoms with E-state index in [1.807, 2.05) is 32.0 Å². The first kappa shape index (κ1) is 25.5. The van der Waals surface area contributed by atoms with Crippen molar-refractivity contribution in [1.29, 1.82) is 0 Å². The number of anilines is 2. The molecule has 0 radical (unpaired) electrons. The summed E-state index contributed by atoms with van der Waals surface area (Å²) < 4.78 is 39.2. The summed E-state index contributed by atoms with van der Waals surface area (Å²) in [5.41, 5.74) is 1.76. The monoisotopic (exact) mass is 500 g/mol. The van der Waals surface area contributed by atoms with Crippen molar-refractivity contribution in [3.63, 3.8) is 0 Å². The van der Waals surface area contributed by atoms with Gasteiger partial charge in [0.1, 0.15) is 18.0 Å². The SMILES string of the molecule is CCSc1ccccc1NC(=O)CN(c1cc(OC)ccc1OC)S(=O)(=O)c1ccc(C)cc1.